The van der Waals surface area contributed by atoms with E-state index in [4.69, 9.17) is 9.47 Å². The number of benzene rings is 8. The smallest absolute Gasteiger partial charge is 0.0134 e. The van der Waals surface area contributed by atoms with Gasteiger partial charge in [-0.05, 0) is 94.7 Å². The van der Waals surface area contributed by atoms with Gasteiger partial charge in [0.15, 0.2) is 0 Å². The normalized spacial score (nSPS) is 10.1. The number of hydrogen-bond donors (Lipinski definition) is 0. The third kappa shape index (κ3) is 16.3. The third-order valence-electron chi connectivity index (χ3n) is 9.63. The second-order valence-electron chi connectivity index (χ2n) is 13.6. The number of rotatable bonds is 11. The van der Waals surface area contributed by atoms with Gasteiger partial charge < -0.3 is 9.47 Å². The molecular weight excluding hydrogens is 1180 g/mol. The molecular formula is C55H48Cu2I2NO2P3. The molecule has 10 heteroatoms. The molecule has 0 fully saturated rings. The summed E-state index contributed by atoms with van der Waals surface area (Å²) in [4.78, 5) is 4.58. The largest absolute Gasteiger partial charge is 0.0622 e. The summed E-state index contributed by atoms with van der Waals surface area (Å²) in [6, 6.07) is 87.2. The summed E-state index contributed by atoms with van der Waals surface area (Å²) in [5.41, 5.74) is 1.08. The summed E-state index contributed by atoms with van der Waals surface area (Å²) in [5, 5.41) is 10.9. The van der Waals surface area contributed by atoms with Crippen LogP contribution in [0.3, 0.4) is 0 Å². The van der Waals surface area contributed by atoms with E-state index in [1.54, 1.807) is 54.9 Å². The zero-order valence-corrected chi connectivity index (χ0v) is 44.6. The van der Waals surface area contributed by atoms with Gasteiger partial charge in [0.05, 0.1) is 19.7 Å². The molecule has 0 aliphatic heterocycles. The maximum atomic E-state index is 5.27. The van der Waals surface area contributed by atoms with Crippen LogP contribution in [0.1, 0.15) is 0 Å². The van der Waals surface area contributed by atoms with Crippen LogP contribution in [0.4, 0.5) is 0 Å². The van der Waals surface area contributed by atoms with E-state index in [1.807, 2.05) is 42.6 Å². The molecule has 0 spiro atoms. The number of halogens is 2. The number of methoxy groups -OCH3 is 2. The Labute approximate surface area is 428 Å². The molecule has 65 heavy (non-hydrogen) atoms. The first-order valence-electron chi connectivity index (χ1n) is 20.3. The van der Waals surface area contributed by atoms with Gasteiger partial charge in [-0.2, -0.15) is 0 Å². The topological polar surface area (TPSA) is 31.4 Å². The first-order chi connectivity index (χ1) is 32.2. The fourth-order valence-corrected chi connectivity index (χ4v) is 13.5. The van der Waals surface area contributed by atoms with Crippen LogP contribution in [0, 0.1) is 0 Å². The SMILES string of the molecule is COc1ccc(P(c2ccc(OC)cc2)c2ccccn2)cc1.[Cu][I].[Cu][I].c1ccc(P(c2ccccc2)c2ccccc2)cc1.c1ccc(P(c2ccccc2)c2ccccc2)cc1. The summed E-state index contributed by atoms with van der Waals surface area (Å²) in [7, 11) is 1.77. The summed E-state index contributed by atoms with van der Waals surface area (Å²) < 4.78 is 10.5. The third-order valence-corrected chi connectivity index (χ3v) is 16.9. The standard InChI is InChI=1S/C19H18NO2P.2C18H15P.2Cu.2HI/c1-21-15-6-10-17(11-7-15)23(19-5-3-4-14-20-19)18-12-8-16(22-2)9-13-18;2*1-4-10-16(11-5-1)19(17-12-6-2-7-13-17)18-14-8-3-9-15-18;;;;/h3-14H,1-2H3;2*1-15H;;;2*1H/q;;;2*+1;;/p-2. The zero-order chi connectivity index (χ0) is 45.9. The van der Waals surface area contributed by atoms with Crippen LogP contribution in [0.25, 0.3) is 0 Å². The molecule has 0 amide bonds. The van der Waals surface area contributed by atoms with Crippen molar-refractivity contribution in [1.82, 2.24) is 4.98 Å². The maximum absolute atomic E-state index is 5.27. The van der Waals surface area contributed by atoms with Gasteiger partial charge in [0.25, 0.3) is 0 Å². The Balaban J connectivity index is 0.000000177. The molecule has 9 rings (SSSR count). The van der Waals surface area contributed by atoms with Crippen LogP contribution in [0.2, 0.25) is 0 Å². The van der Waals surface area contributed by atoms with Crippen molar-refractivity contribution in [3.8, 4) is 11.5 Å². The average Bonchev–Trinajstić information content (AvgIpc) is 3.41. The van der Waals surface area contributed by atoms with E-state index in [9.17, 15) is 0 Å². The van der Waals surface area contributed by atoms with Gasteiger partial charge in [0.1, 0.15) is 11.5 Å². The fourth-order valence-electron chi connectivity index (χ4n) is 6.72. The number of pyridine rings is 1. The fraction of sp³-hybridized carbons (Fsp3) is 0.0364. The van der Waals surface area contributed by atoms with Crippen LogP contribution in [-0.4, -0.2) is 19.2 Å². The minimum atomic E-state index is -0.703. The molecule has 1 heterocycles. The Morgan fingerprint density at radius 2 is 0.523 bits per heavy atom. The first kappa shape index (κ1) is 52.3. The van der Waals surface area contributed by atoms with Gasteiger partial charge in [-0.15, -0.1) is 0 Å². The van der Waals surface area contributed by atoms with Gasteiger partial charge in [-0.25, -0.2) is 0 Å². The number of aromatic nitrogens is 1. The Hall–Kier alpha value is -3.70. The number of hydrogen-bond acceptors (Lipinski definition) is 3. The van der Waals surface area contributed by atoms with Crippen molar-refractivity contribution in [2.75, 3.05) is 14.2 Å². The molecule has 9 aromatic rings. The van der Waals surface area contributed by atoms with Crippen molar-refractivity contribution in [3.63, 3.8) is 0 Å². The molecule has 0 aliphatic rings. The minimum Gasteiger partial charge on any atom is -0.0622 e. The molecule has 0 saturated heterocycles. The molecule has 0 bridgehead atoms. The van der Waals surface area contributed by atoms with E-state index in [-0.39, 0.29) is 0 Å². The maximum Gasteiger partial charge on any atom is -0.0134 e. The molecule has 336 valence electrons. The van der Waals surface area contributed by atoms with E-state index in [0.29, 0.717) is 0 Å². The van der Waals surface area contributed by atoms with Crippen molar-refractivity contribution >= 4 is 112 Å². The quantitative estimate of drug-likeness (QED) is 0.0735. The van der Waals surface area contributed by atoms with Crippen LogP contribution in [0.5, 0.6) is 11.5 Å². The van der Waals surface area contributed by atoms with Crippen LogP contribution >= 0.6 is 64.5 Å². The van der Waals surface area contributed by atoms with E-state index < -0.39 is 23.8 Å². The van der Waals surface area contributed by atoms with Gasteiger partial charge in [-0.3, -0.25) is 4.98 Å². The molecule has 3 nitrogen and oxygen atoms in total. The number of nitrogens with zero attached hydrogens (tertiary/aromatic N) is 1. The van der Waals surface area contributed by atoms with Gasteiger partial charge >= 0.3 is 66.2 Å². The Morgan fingerprint density at radius 1 is 0.292 bits per heavy atom. The molecule has 8 aromatic carbocycles. The predicted octanol–water partition coefficient (Wildman–Crippen LogP) is 11.5. The Morgan fingerprint density at radius 3 is 0.738 bits per heavy atom. The summed E-state index contributed by atoms with van der Waals surface area (Å²) >= 11 is 11.7. The molecule has 0 aliphatic carbocycles. The van der Waals surface area contributed by atoms with Gasteiger partial charge in [0, 0.05) is 14.1 Å². The first-order valence-corrected chi connectivity index (χ1v) is 30.4. The van der Waals surface area contributed by atoms with Crippen molar-refractivity contribution in [1.29, 1.82) is 0 Å². The minimum absolute atomic E-state index is 0.446. The van der Waals surface area contributed by atoms with Crippen molar-refractivity contribution in [2.24, 2.45) is 0 Å². The van der Waals surface area contributed by atoms with E-state index in [1.165, 1.54) is 42.4 Å². The summed E-state index contributed by atoms with van der Waals surface area (Å²) in [5.74, 6) is 1.72. The van der Waals surface area contributed by atoms with Gasteiger partial charge in [0.2, 0.25) is 0 Å². The average molecular weight is 1230 g/mol. The summed E-state index contributed by atoms with van der Waals surface area (Å²) in [6.45, 7) is 0. The molecule has 0 unspecified atom stereocenters. The molecule has 0 N–H and O–H groups in total. The molecule has 1 aromatic heterocycles. The second-order valence-corrected chi connectivity index (χ2v) is 20.2. The molecule has 0 radical (unpaired) electrons. The molecule has 0 saturated carbocycles. The predicted molar refractivity (Wildman–Crippen MR) is 294 cm³/mol. The van der Waals surface area contributed by atoms with Crippen molar-refractivity contribution in [3.05, 3.63) is 255 Å². The monoisotopic (exact) mass is 1230 g/mol. The second kappa shape index (κ2) is 30.6. The van der Waals surface area contributed by atoms with Crippen LogP contribution in [0.15, 0.2) is 255 Å². The molecule has 0 atom stereocenters. The van der Waals surface area contributed by atoms with Crippen molar-refractivity contribution < 1.29 is 35.0 Å². The van der Waals surface area contributed by atoms with E-state index in [2.05, 4.69) is 243 Å². The van der Waals surface area contributed by atoms with Crippen LogP contribution in [-0.2, 0) is 25.5 Å². The Kier molecular flexibility index (Phi) is 24.6. The van der Waals surface area contributed by atoms with E-state index in [0.717, 1.165) is 16.9 Å². The number of ether oxygens (including phenoxy) is 2. The Bertz CT molecular complexity index is 2240. The van der Waals surface area contributed by atoms with Crippen LogP contribution < -0.4 is 57.3 Å². The summed E-state index contributed by atoms with van der Waals surface area (Å²) in [6.07, 6.45) is 1.84. The zero-order valence-electron chi connectivity index (χ0n) is 35.7. The van der Waals surface area contributed by atoms with Crippen molar-refractivity contribution in [2.45, 2.75) is 0 Å². The van der Waals surface area contributed by atoms with E-state index >= 15 is 0 Å². The van der Waals surface area contributed by atoms with Gasteiger partial charge in [-0.1, -0.05) is 212 Å².